The van der Waals surface area contributed by atoms with Crippen molar-refractivity contribution in [3.05, 3.63) is 23.8 Å². The van der Waals surface area contributed by atoms with Crippen LogP contribution in [0, 0.1) is 11.6 Å². The van der Waals surface area contributed by atoms with Crippen molar-refractivity contribution < 1.29 is 8.78 Å². The van der Waals surface area contributed by atoms with Crippen LogP contribution >= 0.6 is 0 Å². The lowest BCUT2D eigenvalue weighted by Crippen LogP contribution is -2.22. The van der Waals surface area contributed by atoms with E-state index < -0.39 is 11.6 Å². The Kier molecular flexibility index (Phi) is 2.06. The van der Waals surface area contributed by atoms with Crippen LogP contribution in [0.4, 0.5) is 20.2 Å². The minimum atomic E-state index is -0.586. The quantitative estimate of drug-likeness (QED) is 0.738. The van der Waals surface area contributed by atoms with Gasteiger partial charge in [0.2, 0.25) is 0 Å². The number of nitrogens with two attached hydrogens (primary N) is 1. The van der Waals surface area contributed by atoms with Crippen molar-refractivity contribution >= 4 is 11.4 Å². The molecule has 0 saturated heterocycles. The summed E-state index contributed by atoms with van der Waals surface area (Å²) in [5.41, 5.74) is 5.47. The van der Waals surface area contributed by atoms with Crippen molar-refractivity contribution in [3.8, 4) is 0 Å². The van der Waals surface area contributed by atoms with E-state index in [9.17, 15) is 8.78 Å². The van der Waals surface area contributed by atoms with Crippen molar-refractivity contribution in [1.29, 1.82) is 0 Å². The molecule has 0 atom stereocenters. The number of rotatable bonds is 2. The maximum Gasteiger partial charge on any atom is 0.151 e. The summed E-state index contributed by atoms with van der Waals surface area (Å²) >= 11 is 0. The highest BCUT2D eigenvalue weighted by Gasteiger charge is 2.29. The topological polar surface area (TPSA) is 29.3 Å². The van der Waals surface area contributed by atoms with Crippen molar-refractivity contribution in [1.82, 2.24) is 0 Å². The van der Waals surface area contributed by atoms with E-state index in [1.165, 1.54) is 0 Å². The molecule has 2 nitrogen and oxygen atoms in total. The first-order valence-corrected chi connectivity index (χ1v) is 4.57. The molecule has 0 bridgehead atoms. The second-order valence-corrected chi connectivity index (χ2v) is 3.68. The molecule has 1 aliphatic carbocycles. The molecule has 1 saturated carbocycles. The van der Waals surface area contributed by atoms with Gasteiger partial charge in [0.05, 0.1) is 0 Å². The smallest absolute Gasteiger partial charge is 0.151 e. The Morgan fingerprint density at radius 1 is 1.29 bits per heavy atom. The molecule has 0 heterocycles. The summed E-state index contributed by atoms with van der Waals surface area (Å²) in [4.78, 5) is 1.64. The molecule has 0 unspecified atom stereocenters. The van der Waals surface area contributed by atoms with E-state index >= 15 is 0 Å². The van der Waals surface area contributed by atoms with Crippen LogP contribution in [0.15, 0.2) is 12.1 Å². The molecule has 2 N–H and O–H groups in total. The molecule has 1 aromatic rings. The molecular formula is C10H12F2N2. The molecule has 1 aromatic carbocycles. The molecule has 0 radical (unpaired) electrons. The minimum absolute atomic E-state index is 0.0294. The Morgan fingerprint density at radius 2 is 1.79 bits per heavy atom. The van der Waals surface area contributed by atoms with Crippen LogP contribution in [0.1, 0.15) is 12.8 Å². The lowest BCUT2D eigenvalue weighted by Gasteiger charge is -2.20. The fraction of sp³-hybridized carbons (Fsp3) is 0.400. The van der Waals surface area contributed by atoms with Crippen molar-refractivity contribution in [3.63, 3.8) is 0 Å². The second kappa shape index (κ2) is 3.12. The van der Waals surface area contributed by atoms with Gasteiger partial charge in [-0.05, 0) is 25.0 Å². The van der Waals surface area contributed by atoms with Crippen molar-refractivity contribution in [2.24, 2.45) is 0 Å². The van der Waals surface area contributed by atoms with E-state index in [0.717, 1.165) is 25.0 Å². The highest BCUT2D eigenvalue weighted by molar-refractivity contribution is 5.56. The lowest BCUT2D eigenvalue weighted by molar-refractivity contribution is 0.577. The van der Waals surface area contributed by atoms with E-state index in [0.29, 0.717) is 0 Å². The summed E-state index contributed by atoms with van der Waals surface area (Å²) in [7, 11) is 1.70. The lowest BCUT2D eigenvalue weighted by atomic mass is 10.2. The number of anilines is 2. The average Bonchev–Trinajstić information content (AvgIpc) is 2.83. The van der Waals surface area contributed by atoms with E-state index in [4.69, 9.17) is 5.73 Å². The number of halogens is 2. The summed E-state index contributed by atoms with van der Waals surface area (Å²) in [6.45, 7) is 0. The highest BCUT2D eigenvalue weighted by Crippen LogP contribution is 2.34. The average molecular weight is 198 g/mol. The molecule has 0 spiro atoms. The van der Waals surface area contributed by atoms with E-state index in [-0.39, 0.29) is 17.4 Å². The first-order chi connectivity index (χ1) is 6.59. The molecule has 4 heteroatoms. The van der Waals surface area contributed by atoms with Gasteiger partial charge in [-0.15, -0.1) is 0 Å². The van der Waals surface area contributed by atoms with Gasteiger partial charge in [-0.1, -0.05) is 0 Å². The van der Waals surface area contributed by atoms with Crippen LogP contribution in [0.5, 0.6) is 0 Å². The van der Waals surface area contributed by atoms with E-state index in [1.54, 1.807) is 11.9 Å². The largest absolute Gasteiger partial charge is 0.399 e. The molecule has 14 heavy (non-hydrogen) atoms. The number of benzene rings is 1. The van der Waals surface area contributed by atoms with Gasteiger partial charge in [0.1, 0.15) is 5.69 Å². The first-order valence-electron chi connectivity index (χ1n) is 4.57. The number of nitrogens with zero attached hydrogens (tertiary/aromatic N) is 1. The van der Waals surface area contributed by atoms with Crippen LogP contribution < -0.4 is 10.6 Å². The molecular weight excluding hydrogens is 186 g/mol. The Morgan fingerprint density at radius 3 is 2.21 bits per heavy atom. The summed E-state index contributed by atoms with van der Waals surface area (Å²) < 4.78 is 26.8. The van der Waals surface area contributed by atoms with Gasteiger partial charge in [-0.2, -0.15) is 0 Å². The van der Waals surface area contributed by atoms with E-state index in [1.807, 2.05) is 0 Å². The zero-order chi connectivity index (χ0) is 10.3. The van der Waals surface area contributed by atoms with Gasteiger partial charge < -0.3 is 10.6 Å². The Balaban J connectivity index is 2.40. The standard InChI is InChI=1S/C10H12F2N2/c1-14(7-2-3-7)10-8(11)4-6(13)5-9(10)12/h4-5,7H,2-3,13H2,1H3. The fourth-order valence-electron chi connectivity index (χ4n) is 1.57. The number of nitrogen functional groups attached to an aromatic ring is 1. The normalized spacial score (nSPS) is 15.6. The maximum absolute atomic E-state index is 13.4. The molecule has 0 amide bonds. The first kappa shape index (κ1) is 9.24. The number of hydrogen-bond donors (Lipinski definition) is 1. The number of hydrogen-bond acceptors (Lipinski definition) is 2. The third-order valence-electron chi connectivity index (χ3n) is 2.49. The van der Waals surface area contributed by atoms with Gasteiger partial charge >= 0.3 is 0 Å². The van der Waals surface area contributed by atoms with Gasteiger partial charge in [-0.25, -0.2) is 8.78 Å². The molecule has 1 aliphatic rings. The van der Waals surface area contributed by atoms with Crippen molar-refractivity contribution in [2.45, 2.75) is 18.9 Å². The third kappa shape index (κ3) is 1.52. The predicted molar refractivity (Wildman–Crippen MR) is 52.2 cm³/mol. The van der Waals surface area contributed by atoms with Gasteiger partial charge in [-0.3, -0.25) is 0 Å². The van der Waals surface area contributed by atoms with Crippen LogP contribution in [0.25, 0.3) is 0 Å². The monoisotopic (exact) mass is 198 g/mol. The van der Waals surface area contributed by atoms with Gasteiger partial charge in [0, 0.05) is 18.8 Å². The van der Waals surface area contributed by atoms with E-state index in [2.05, 4.69) is 0 Å². The molecule has 0 aliphatic heterocycles. The second-order valence-electron chi connectivity index (χ2n) is 3.68. The summed E-state index contributed by atoms with van der Waals surface area (Å²) in [5, 5.41) is 0. The molecule has 76 valence electrons. The highest BCUT2D eigenvalue weighted by atomic mass is 19.1. The Hall–Kier alpha value is -1.32. The fourth-order valence-corrected chi connectivity index (χ4v) is 1.57. The van der Waals surface area contributed by atoms with Crippen LogP contribution in [0.2, 0.25) is 0 Å². The molecule has 1 fully saturated rings. The van der Waals surface area contributed by atoms with Crippen molar-refractivity contribution in [2.75, 3.05) is 17.7 Å². The van der Waals surface area contributed by atoms with Gasteiger partial charge in [0.25, 0.3) is 0 Å². The summed E-state index contributed by atoms with van der Waals surface area (Å²) in [6.07, 6.45) is 2.00. The molecule has 0 aromatic heterocycles. The van der Waals surface area contributed by atoms with Crippen LogP contribution in [0.3, 0.4) is 0 Å². The summed E-state index contributed by atoms with van der Waals surface area (Å²) in [5.74, 6) is -1.17. The Labute approximate surface area is 81.3 Å². The minimum Gasteiger partial charge on any atom is -0.399 e. The zero-order valence-electron chi connectivity index (χ0n) is 7.93. The van der Waals surface area contributed by atoms with Gasteiger partial charge in [0.15, 0.2) is 11.6 Å². The predicted octanol–water partition coefficient (Wildman–Crippen LogP) is 2.15. The summed E-state index contributed by atoms with van der Waals surface area (Å²) in [6, 6.07) is 2.58. The van der Waals surface area contributed by atoms with Crippen LogP contribution in [-0.4, -0.2) is 13.1 Å². The SMILES string of the molecule is CN(c1c(F)cc(N)cc1F)C1CC1. The zero-order valence-corrected chi connectivity index (χ0v) is 7.93. The molecule has 2 rings (SSSR count). The Bertz CT molecular complexity index is 338. The maximum atomic E-state index is 13.4. The third-order valence-corrected chi connectivity index (χ3v) is 2.49. The van der Waals surface area contributed by atoms with Crippen LogP contribution in [-0.2, 0) is 0 Å².